The molecule has 3 rings (SSSR count). The third-order valence-electron chi connectivity index (χ3n) is 4.03. The van der Waals surface area contributed by atoms with E-state index in [1.807, 2.05) is 0 Å². The van der Waals surface area contributed by atoms with Gasteiger partial charge in [-0.25, -0.2) is 12.8 Å². The molecule has 1 saturated carbocycles. The molecular formula is C14H15FN2O5S. The number of carbonyl (C=O) groups is 2. The molecule has 0 spiro atoms. The van der Waals surface area contributed by atoms with Gasteiger partial charge in [-0.15, -0.1) is 0 Å². The van der Waals surface area contributed by atoms with Gasteiger partial charge < -0.3 is 10.4 Å². The number of carboxylic acids is 1. The summed E-state index contributed by atoms with van der Waals surface area (Å²) >= 11 is 0. The average Bonchev–Trinajstić information content (AvgIpc) is 3.20. The molecule has 1 aliphatic heterocycles. The minimum Gasteiger partial charge on any atom is -0.481 e. The number of aliphatic carboxylic acids is 1. The molecule has 23 heavy (non-hydrogen) atoms. The molecule has 1 aromatic rings. The van der Waals surface area contributed by atoms with Crippen LogP contribution in [0.5, 0.6) is 0 Å². The van der Waals surface area contributed by atoms with E-state index < -0.39 is 39.6 Å². The molecular weight excluding hydrogens is 327 g/mol. The smallest absolute Gasteiger partial charge is 0.307 e. The number of amides is 1. The molecule has 2 atom stereocenters. The predicted molar refractivity (Wildman–Crippen MR) is 80.0 cm³/mol. The number of benzene rings is 1. The molecule has 1 amide bonds. The Labute approximate surface area is 132 Å². The number of carbonyl (C=O) groups excluding carboxylic acids is 1. The van der Waals surface area contributed by atoms with Crippen LogP contribution in [0.3, 0.4) is 0 Å². The van der Waals surface area contributed by atoms with Crippen molar-refractivity contribution >= 4 is 33.3 Å². The van der Waals surface area contributed by atoms with Gasteiger partial charge in [0.2, 0.25) is 15.9 Å². The second-order valence-electron chi connectivity index (χ2n) is 5.68. The van der Waals surface area contributed by atoms with Gasteiger partial charge in [-0.1, -0.05) is 0 Å². The topological polar surface area (TPSA) is 104 Å². The highest BCUT2D eigenvalue weighted by Gasteiger charge is 2.48. The summed E-state index contributed by atoms with van der Waals surface area (Å²) in [5.41, 5.74) is 0.135. The Morgan fingerprint density at radius 3 is 2.61 bits per heavy atom. The van der Waals surface area contributed by atoms with Gasteiger partial charge in [0.05, 0.1) is 23.3 Å². The summed E-state index contributed by atoms with van der Waals surface area (Å²) in [6.07, 6.45) is 0.691. The second-order valence-corrected chi connectivity index (χ2v) is 7.70. The highest BCUT2D eigenvalue weighted by Crippen LogP contribution is 2.39. The molecule has 9 heteroatoms. The van der Waals surface area contributed by atoms with Crippen molar-refractivity contribution in [1.29, 1.82) is 0 Å². The summed E-state index contributed by atoms with van der Waals surface area (Å²) in [7, 11) is -3.53. The van der Waals surface area contributed by atoms with Gasteiger partial charge in [0.25, 0.3) is 0 Å². The lowest BCUT2D eigenvalue weighted by molar-refractivity contribution is -0.139. The largest absolute Gasteiger partial charge is 0.481 e. The number of halogens is 1. The quantitative estimate of drug-likeness (QED) is 0.850. The summed E-state index contributed by atoms with van der Waals surface area (Å²) in [4.78, 5) is 22.7. The van der Waals surface area contributed by atoms with Gasteiger partial charge in [0.1, 0.15) is 5.82 Å². The van der Waals surface area contributed by atoms with Crippen LogP contribution in [0.1, 0.15) is 12.8 Å². The Hall–Kier alpha value is -2.16. The van der Waals surface area contributed by atoms with E-state index in [1.54, 1.807) is 0 Å². The monoisotopic (exact) mass is 342 g/mol. The Bertz CT molecular complexity index is 779. The zero-order valence-electron chi connectivity index (χ0n) is 12.0. The zero-order valence-corrected chi connectivity index (χ0v) is 12.8. The van der Waals surface area contributed by atoms with Crippen molar-refractivity contribution in [2.24, 2.45) is 11.8 Å². The summed E-state index contributed by atoms with van der Waals surface area (Å²) in [5.74, 6) is -3.49. The fourth-order valence-corrected chi connectivity index (χ4v) is 4.25. The fourth-order valence-electron chi connectivity index (χ4n) is 2.68. The van der Waals surface area contributed by atoms with Crippen molar-refractivity contribution < 1.29 is 27.5 Å². The van der Waals surface area contributed by atoms with Crippen molar-refractivity contribution in [1.82, 2.24) is 0 Å². The summed E-state index contributed by atoms with van der Waals surface area (Å²) in [5, 5.41) is 11.3. The molecule has 1 saturated heterocycles. The molecule has 0 aromatic heterocycles. The van der Waals surface area contributed by atoms with Crippen LogP contribution in [0.25, 0.3) is 0 Å². The van der Waals surface area contributed by atoms with Crippen molar-refractivity contribution in [3.8, 4) is 0 Å². The van der Waals surface area contributed by atoms with Crippen LogP contribution in [0.4, 0.5) is 15.8 Å². The van der Waals surface area contributed by atoms with Crippen molar-refractivity contribution in [2.45, 2.75) is 12.8 Å². The molecule has 1 aromatic carbocycles. The summed E-state index contributed by atoms with van der Waals surface area (Å²) in [6, 6.07) is 3.66. The molecule has 1 aliphatic carbocycles. The van der Waals surface area contributed by atoms with Crippen LogP contribution in [0.2, 0.25) is 0 Å². The molecule has 124 valence electrons. The lowest BCUT2D eigenvalue weighted by Gasteiger charge is -2.18. The molecule has 2 unspecified atom stereocenters. The van der Waals surface area contributed by atoms with Gasteiger partial charge in [0, 0.05) is 12.2 Å². The Balaban J connectivity index is 1.79. The second kappa shape index (κ2) is 5.48. The van der Waals surface area contributed by atoms with Crippen LogP contribution in [-0.4, -0.2) is 37.7 Å². The fraction of sp³-hybridized carbons (Fsp3) is 0.429. The lowest BCUT2D eigenvalue weighted by Crippen LogP contribution is -2.26. The first-order valence-corrected chi connectivity index (χ1v) is 8.74. The van der Waals surface area contributed by atoms with Gasteiger partial charge in [-0.3, -0.25) is 13.9 Å². The molecule has 0 radical (unpaired) electrons. The van der Waals surface area contributed by atoms with Crippen LogP contribution < -0.4 is 9.62 Å². The first-order chi connectivity index (χ1) is 10.8. The number of nitrogens with one attached hydrogen (secondary N) is 1. The Morgan fingerprint density at radius 1 is 1.30 bits per heavy atom. The van der Waals surface area contributed by atoms with E-state index in [4.69, 9.17) is 5.11 Å². The van der Waals surface area contributed by atoms with Crippen molar-refractivity contribution in [3.05, 3.63) is 24.0 Å². The van der Waals surface area contributed by atoms with Gasteiger partial charge >= 0.3 is 5.97 Å². The Morgan fingerprint density at radius 2 is 2.04 bits per heavy atom. The maximum Gasteiger partial charge on any atom is 0.307 e. The van der Waals surface area contributed by atoms with Crippen LogP contribution in [0.15, 0.2) is 18.2 Å². The minimum atomic E-state index is -3.53. The van der Waals surface area contributed by atoms with Gasteiger partial charge in [-0.2, -0.15) is 0 Å². The van der Waals surface area contributed by atoms with Crippen LogP contribution in [-0.2, 0) is 19.6 Å². The molecule has 0 bridgehead atoms. The van der Waals surface area contributed by atoms with E-state index in [2.05, 4.69) is 5.32 Å². The standard InChI is InChI=1S/C14H15FN2O5S/c15-11-3-2-8(16-13(18)9-7-10(9)14(19)20)6-12(11)17-4-1-5-23(17,21)22/h2-3,6,9-10H,1,4-5,7H2,(H,16,18)(H,19,20). The number of nitrogens with zero attached hydrogens (tertiary/aromatic N) is 1. The summed E-state index contributed by atoms with van der Waals surface area (Å²) < 4.78 is 38.7. The lowest BCUT2D eigenvalue weighted by atomic mass is 10.2. The molecule has 2 N–H and O–H groups in total. The third-order valence-corrected chi connectivity index (χ3v) is 5.88. The van der Waals surface area contributed by atoms with E-state index in [-0.39, 0.29) is 30.1 Å². The maximum atomic E-state index is 13.9. The molecule has 2 aliphatic rings. The number of anilines is 2. The molecule has 7 nitrogen and oxygen atoms in total. The van der Waals surface area contributed by atoms with E-state index in [0.717, 1.165) is 10.4 Å². The van der Waals surface area contributed by atoms with E-state index in [0.29, 0.717) is 6.42 Å². The van der Waals surface area contributed by atoms with Crippen molar-refractivity contribution in [3.63, 3.8) is 0 Å². The van der Waals surface area contributed by atoms with Crippen molar-refractivity contribution in [2.75, 3.05) is 21.9 Å². The summed E-state index contributed by atoms with van der Waals surface area (Å²) in [6.45, 7) is 0.195. The van der Waals surface area contributed by atoms with E-state index in [9.17, 15) is 22.4 Å². The maximum absolute atomic E-state index is 13.9. The number of hydrogen-bond donors (Lipinski definition) is 2. The molecule has 2 fully saturated rings. The highest BCUT2D eigenvalue weighted by atomic mass is 32.2. The number of carboxylic acid groups (broad SMARTS) is 1. The van der Waals surface area contributed by atoms with E-state index in [1.165, 1.54) is 12.1 Å². The zero-order chi connectivity index (χ0) is 16.8. The van der Waals surface area contributed by atoms with Gasteiger partial charge in [0.15, 0.2) is 0 Å². The highest BCUT2D eigenvalue weighted by molar-refractivity contribution is 7.93. The number of rotatable bonds is 4. The van der Waals surface area contributed by atoms with Gasteiger partial charge in [-0.05, 0) is 31.0 Å². The van der Waals surface area contributed by atoms with Crippen LogP contribution >= 0.6 is 0 Å². The number of sulfonamides is 1. The average molecular weight is 342 g/mol. The van der Waals surface area contributed by atoms with Crippen LogP contribution in [0, 0.1) is 17.7 Å². The SMILES string of the molecule is O=C(O)C1CC1C(=O)Nc1ccc(F)c(N2CCCS2(=O)=O)c1. The Kier molecular flexibility index (Phi) is 3.75. The minimum absolute atomic E-state index is 0.0363. The molecule has 1 heterocycles. The first-order valence-electron chi connectivity index (χ1n) is 7.13. The predicted octanol–water partition coefficient (Wildman–Crippen LogP) is 1.02. The first kappa shape index (κ1) is 15.7. The van der Waals surface area contributed by atoms with E-state index >= 15 is 0 Å². The normalized spacial score (nSPS) is 25.2. The third kappa shape index (κ3) is 3.00. The number of hydrogen-bond acceptors (Lipinski definition) is 4.